The van der Waals surface area contributed by atoms with Crippen molar-refractivity contribution >= 4 is 45.9 Å². The van der Waals surface area contributed by atoms with Gasteiger partial charge in [0.25, 0.3) is 11.1 Å². The fraction of sp³-hybridized carbons (Fsp3) is 0.182. The molecule has 1 aromatic heterocycles. The maximum Gasteiger partial charge on any atom is 0.416 e. The molecule has 0 spiro atoms. The number of halogens is 6. The molecule has 1 saturated heterocycles. The summed E-state index contributed by atoms with van der Waals surface area (Å²) in [7, 11) is 0. The van der Waals surface area contributed by atoms with E-state index in [1.165, 1.54) is 29.1 Å². The zero-order valence-electron chi connectivity index (χ0n) is 17.7. The molecule has 0 unspecified atom stereocenters. The van der Waals surface area contributed by atoms with Crippen molar-refractivity contribution in [3.63, 3.8) is 0 Å². The van der Waals surface area contributed by atoms with E-state index in [1.54, 1.807) is 6.07 Å². The fourth-order valence-electron chi connectivity index (χ4n) is 3.56. The van der Waals surface area contributed by atoms with Gasteiger partial charge >= 0.3 is 18.3 Å². The second kappa shape index (κ2) is 9.00. The highest BCUT2D eigenvalue weighted by Crippen LogP contribution is 2.38. The number of amides is 2. The molecule has 3 aromatic rings. The van der Waals surface area contributed by atoms with Gasteiger partial charge in [-0.1, -0.05) is 12.1 Å². The van der Waals surface area contributed by atoms with Gasteiger partial charge in [-0.2, -0.15) is 31.4 Å². The van der Waals surface area contributed by atoms with Crippen molar-refractivity contribution in [1.29, 1.82) is 0 Å². The van der Waals surface area contributed by atoms with Crippen LogP contribution in [0.25, 0.3) is 17.0 Å². The van der Waals surface area contributed by atoms with Crippen LogP contribution < -0.4 is 0 Å². The first kappa shape index (κ1) is 25.3. The lowest BCUT2D eigenvalue weighted by molar-refractivity contribution is -0.143. The van der Waals surface area contributed by atoms with Gasteiger partial charge in [-0.25, -0.2) is 0 Å². The van der Waals surface area contributed by atoms with Crippen LogP contribution in [0, 0.1) is 0 Å². The summed E-state index contributed by atoms with van der Waals surface area (Å²) in [5.41, 5.74) is -2.43. The zero-order chi connectivity index (χ0) is 26.4. The lowest BCUT2D eigenvalue weighted by Gasteiger charge is -2.16. The van der Waals surface area contributed by atoms with Crippen molar-refractivity contribution in [1.82, 2.24) is 14.7 Å². The molecule has 1 aliphatic heterocycles. The van der Waals surface area contributed by atoms with Gasteiger partial charge in [0, 0.05) is 5.39 Å². The average molecular weight is 529 g/mol. The Morgan fingerprint density at radius 3 is 2.39 bits per heavy atom. The van der Waals surface area contributed by atoms with E-state index >= 15 is 0 Å². The first-order valence-corrected chi connectivity index (χ1v) is 10.8. The number of benzene rings is 2. The molecule has 14 heteroatoms. The monoisotopic (exact) mass is 529 g/mol. The number of hydrogen-bond acceptors (Lipinski definition) is 5. The van der Waals surface area contributed by atoms with Crippen LogP contribution in [0.1, 0.15) is 22.3 Å². The molecule has 0 radical (unpaired) electrons. The Bertz CT molecular complexity index is 1430. The van der Waals surface area contributed by atoms with Crippen molar-refractivity contribution < 1.29 is 45.8 Å². The summed E-state index contributed by atoms with van der Waals surface area (Å²) in [5.74, 6) is -2.13. The molecule has 188 valence electrons. The van der Waals surface area contributed by atoms with Crippen LogP contribution in [0.4, 0.5) is 31.1 Å². The summed E-state index contributed by atoms with van der Waals surface area (Å²) < 4.78 is 80.4. The predicted molar refractivity (Wildman–Crippen MR) is 116 cm³/mol. The van der Waals surface area contributed by atoms with E-state index in [9.17, 15) is 40.7 Å². The molecular formula is C22H13F6N3O4S. The lowest BCUT2D eigenvalue weighted by atomic mass is 10.0. The summed E-state index contributed by atoms with van der Waals surface area (Å²) in [5, 5.41) is 12.6. The number of carbonyl (C=O) groups is 3. The molecule has 2 amide bonds. The Morgan fingerprint density at radius 1 is 1.03 bits per heavy atom. The van der Waals surface area contributed by atoms with Gasteiger partial charge in [0.2, 0.25) is 0 Å². The van der Waals surface area contributed by atoms with Gasteiger partial charge in [-0.05, 0) is 53.2 Å². The zero-order valence-corrected chi connectivity index (χ0v) is 18.5. The topological polar surface area (TPSA) is 92.5 Å². The largest absolute Gasteiger partial charge is 0.480 e. The minimum atomic E-state index is -5.02. The lowest BCUT2D eigenvalue weighted by Crippen LogP contribution is -2.33. The third-order valence-electron chi connectivity index (χ3n) is 5.19. The van der Waals surface area contributed by atoms with Gasteiger partial charge < -0.3 is 5.11 Å². The second-order valence-electron chi connectivity index (χ2n) is 7.65. The smallest absolute Gasteiger partial charge is 0.416 e. The van der Waals surface area contributed by atoms with E-state index in [0.717, 1.165) is 6.07 Å². The molecule has 0 saturated carbocycles. The summed E-state index contributed by atoms with van der Waals surface area (Å²) in [6.07, 6.45) is -7.26. The van der Waals surface area contributed by atoms with E-state index < -0.39 is 59.2 Å². The maximum absolute atomic E-state index is 13.5. The highest BCUT2D eigenvalue weighted by Gasteiger charge is 2.38. The van der Waals surface area contributed by atoms with Crippen LogP contribution in [-0.2, 0) is 28.5 Å². The van der Waals surface area contributed by atoms with Crippen molar-refractivity contribution in [3.05, 3.63) is 69.8 Å². The third kappa shape index (κ3) is 5.08. The first-order chi connectivity index (χ1) is 16.7. The van der Waals surface area contributed by atoms with Crippen LogP contribution in [0.2, 0.25) is 0 Å². The summed E-state index contributed by atoms with van der Waals surface area (Å²) in [6.45, 7) is -1.23. The molecule has 4 rings (SSSR count). The molecule has 1 fully saturated rings. The number of fused-ring (bicyclic) bond motifs is 1. The number of carboxylic acid groups (broad SMARTS) is 1. The summed E-state index contributed by atoms with van der Waals surface area (Å²) >= 11 is 0.565. The van der Waals surface area contributed by atoms with Crippen molar-refractivity contribution in [2.75, 3.05) is 6.54 Å². The standard InChI is InChI=1S/C22H13F6N3O4S/c23-21(24,25)14-3-2-12(15(7-14)22(26,27)28)9-31-16-4-1-11(5-13(16)8-29-31)6-17-19(34)30(10-18(32)33)20(35)36-17/h1-8H,9-10H2,(H,32,33). The van der Waals surface area contributed by atoms with Gasteiger partial charge in [0.15, 0.2) is 0 Å². The molecule has 1 N–H and O–H groups in total. The van der Waals surface area contributed by atoms with E-state index in [-0.39, 0.29) is 11.0 Å². The Balaban J connectivity index is 1.63. The summed E-state index contributed by atoms with van der Waals surface area (Å²) in [4.78, 5) is 35.6. The van der Waals surface area contributed by atoms with Crippen LogP contribution in [0.3, 0.4) is 0 Å². The number of aromatic nitrogens is 2. The third-order valence-corrected chi connectivity index (χ3v) is 6.10. The fourth-order valence-corrected chi connectivity index (χ4v) is 4.40. The van der Waals surface area contributed by atoms with Crippen LogP contribution in [0.15, 0.2) is 47.5 Å². The van der Waals surface area contributed by atoms with Crippen LogP contribution >= 0.6 is 11.8 Å². The quantitative estimate of drug-likeness (QED) is 0.359. The van der Waals surface area contributed by atoms with Crippen molar-refractivity contribution in [2.45, 2.75) is 18.9 Å². The van der Waals surface area contributed by atoms with Gasteiger partial charge in [-0.3, -0.25) is 24.0 Å². The molecule has 0 atom stereocenters. The number of rotatable bonds is 5. The Labute approximate surface area is 202 Å². The maximum atomic E-state index is 13.5. The number of hydrogen-bond donors (Lipinski definition) is 1. The van der Waals surface area contributed by atoms with Gasteiger partial charge in [0.1, 0.15) is 6.54 Å². The van der Waals surface area contributed by atoms with Gasteiger partial charge in [0.05, 0.1) is 34.3 Å². The molecule has 0 bridgehead atoms. The number of imide groups is 1. The SMILES string of the molecule is O=C(O)CN1C(=O)SC(=Cc2ccc3c(cnn3Cc3ccc(C(F)(F)F)cc3C(F)(F)F)c2)C1=O. The van der Waals surface area contributed by atoms with E-state index in [4.69, 9.17) is 5.11 Å². The minimum Gasteiger partial charge on any atom is -0.480 e. The normalized spacial score (nSPS) is 15.9. The van der Waals surface area contributed by atoms with Crippen molar-refractivity contribution in [2.24, 2.45) is 0 Å². The van der Waals surface area contributed by atoms with E-state index in [1.807, 2.05) is 0 Å². The molecule has 36 heavy (non-hydrogen) atoms. The van der Waals surface area contributed by atoms with Crippen LogP contribution in [-0.4, -0.2) is 43.4 Å². The highest BCUT2D eigenvalue weighted by atomic mass is 32.2. The number of aliphatic carboxylic acids is 1. The first-order valence-electron chi connectivity index (χ1n) is 9.94. The molecule has 7 nitrogen and oxygen atoms in total. The molecule has 2 heterocycles. The molecule has 1 aliphatic rings. The minimum absolute atomic E-state index is 0.00688. The Morgan fingerprint density at radius 2 is 1.75 bits per heavy atom. The number of carbonyl (C=O) groups excluding carboxylic acids is 2. The van der Waals surface area contributed by atoms with Crippen molar-refractivity contribution in [3.8, 4) is 0 Å². The highest BCUT2D eigenvalue weighted by molar-refractivity contribution is 8.18. The second-order valence-corrected chi connectivity index (χ2v) is 8.64. The number of carboxylic acids is 1. The Hall–Kier alpha value is -3.81. The predicted octanol–water partition coefficient (Wildman–Crippen LogP) is 5.24. The number of alkyl halides is 6. The molecular weight excluding hydrogens is 516 g/mol. The number of nitrogens with zero attached hydrogens (tertiary/aromatic N) is 3. The number of thioether (sulfide) groups is 1. The molecule has 0 aliphatic carbocycles. The van der Waals surface area contributed by atoms with E-state index in [2.05, 4.69) is 5.10 Å². The average Bonchev–Trinajstić information content (AvgIpc) is 3.27. The van der Waals surface area contributed by atoms with Crippen LogP contribution in [0.5, 0.6) is 0 Å². The van der Waals surface area contributed by atoms with Gasteiger partial charge in [-0.15, -0.1) is 0 Å². The summed E-state index contributed by atoms with van der Waals surface area (Å²) in [6, 6.07) is 5.95. The molecule has 2 aromatic carbocycles. The Kier molecular flexibility index (Phi) is 6.32. The van der Waals surface area contributed by atoms with E-state index in [0.29, 0.717) is 39.2 Å².